The molecule has 2 N–H and O–H groups in total. The molecule has 0 aliphatic heterocycles. The Hall–Kier alpha value is -2.20. The van der Waals surface area contributed by atoms with Crippen molar-refractivity contribution in [3.05, 3.63) is 59.0 Å². The molecule has 102 valence electrons. The summed E-state index contributed by atoms with van der Waals surface area (Å²) in [5.41, 5.74) is 9.23. The van der Waals surface area contributed by atoms with Crippen LogP contribution in [0.2, 0.25) is 5.02 Å². The summed E-state index contributed by atoms with van der Waals surface area (Å²) in [6.07, 6.45) is 4.42. The Balaban J connectivity index is 2.01. The van der Waals surface area contributed by atoms with Crippen LogP contribution in [0.5, 0.6) is 5.75 Å². The van der Waals surface area contributed by atoms with E-state index in [0.717, 1.165) is 22.7 Å². The number of fused-ring (bicyclic) bond motifs is 1. The van der Waals surface area contributed by atoms with Crippen LogP contribution in [-0.4, -0.2) is 16.5 Å². The van der Waals surface area contributed by atoms with Crippen LogP contribution in [0.4, 0.5) is 5.69 Å². The van der Waals surface area contributed by atoms with E-state index in [4.69, 9.17) is 22.1 Å². The van der Waals surface area contributed by atoms with Crippen LogP contribution in [0.1, 0.15) is 11.3 Å². The molecule has 3 rings (SSSR count). The summed E-state index contributed by atoms with van der Waals surface area (Å²) in [5.74, 6) is 0.857. The lowest BCUT2D eigenvalue weighted by Gasteiger charge is -2.05. The van der Waals surface area contributed by atoms with Gasteiger partial charge in [0.05, 0.1) is 23.5 Å². The van der Waals surface area contributed by atoms with Gasteiger partial charge in [0.25, 0.3) is 0 Å². The highest BCUT2D eigenvalue weighted by atomic mass is 35.5. The Morgan fingerprint density at radius 1 is 1.30 bits per heavy atom. The van der Waals surface area contributed by atoms with Gasteiger partial charge in [0.1, 0.15) is 5.75 Å². The van der Waals surface area contributed by atoms with Gasteiger partial charge in [-0.3, -0.25) is 0 Å². The molecular formula is C15H14ClN3O. The number of nitrogens with zero attached hydrogens (tertiary/aromatic N) is 2. The number of nitrogens with two attached hydrogens (primary N) is 1. The lowest BCUT2D eigenvalue weighted by atomic mass is 10.1. The molecule has 0 saturated carbocycles. The maximum Gasteiger partial charge on any atom is 0.160 e. The van der Waals surface area contributed by atoms with Crippen molar-refractivity contribution in [2.24, 2.45) is 0 Å². The number of benzene rings is 1. The molecule has 3 aromatic rings. The highest BCUT2D eigenvalue weighted by Crippen LogP contribution is 2.23. The summed E-state index contributed by atoms with van der Waals surface area (Å²) in [7, 11) is 1.67. The molecule has 0 amide bonds. The minimum atomic E-state index is 0.573. The summed E-state index contributed by atoms with van der Waals surface area (Å²) < 4.78 is 7.20. The Morgan fingerprint density at radius 2 is 2.10 bits per heavy atom. The largest absolute Gasteiger partial charge is 0.496 e. The Kier molecular flexibility index (Phi) is 3.24. The molecule has 20 heavy (non-hydrogen) atoms. The van der Waals surface area contributed by atoms with Gasteiger partial charge in [-0.15, -0.1) is 0 Å². The van der Waals surface area contributed by atoms with Gasteiger partial charge in [0.2, 0.25) is 0 Å². The van der Waals surface area contributed by atoms with Crippen molar-refractivity contribution >= 4 is 22.9 Å². The minimum Gasteiger partial charge on any atom is -0.496 e. The number of anilines is 1. The van der Waals surface area contributed by atoms with E-state index in [-0.39, 0.29) is 0 Å². The van der Waals surface area contributed by atoms with Crippen LogP contribution in [0.25, 0.3) is 5.65 Å². The van der Waals surface area contributed by atoms with Gasteiger partial charge in [-0.25, -0.2) is 4.98 Å². The quantitative estimate of drug-likeness (QED) is 0.805. The third kappa shape index (κ3) is 2.30. The van der Waals surface area contributed by atoms with Gasteiger partial charge in [0.15, 0.2) is 5.65 Å². The van der Waals surface area contributed by atoms with E-state index < -0.39 is 0 Å². The number of nitrogen functional groups attached to an aromatic ring is 1. The summed E-state index contributed by atoms with van der Waals surface area (Å²) in [6, 6.07) is 9.61. The van der Waals surface area contributed by atoms with E-state index in [9.17, 15) is 0 Å². The fraction of sp³-hybridized carbons (Fsp3) is 0.133. The number of methoxy groups -OCH3 is 1. The molecule has 1 aromatic carbocycles. The number of halogens is 1. The van der Waals surface area contributed by atoms with E-state index in [1.807, 2.05) is 34.9 Å². The number of imidazole rings is 1. The van der Waals surface area contributed by atoms with Crippen molar-refractivity contribution in [3.63, 3.8) is 0 Å². The summed E-state index contributed by atoms with van der Waals surface area (Å²) in [4.78, 5) is 4.55. The van der Waals surface area contributed by atoms with Crippen LogP contribution >= 0.6 is 11.6 Å². The molecule has 5 heteroatoms. The van der Waals surface area contributed by atoms with E-state index in [0.29, 0.717) is 17.1 Å². The molecule has 2 aromatic heterocycles. The zero-order valence-electron chi connectivity index (χ0n) is 11.0. The average Bonchev–Trinajstić information content (AvgIpc) is 2.82. The second kappa shape index (κ2) is 5.06. The maximum absolute atomic E-state index is 5.99. The fourth-order valence-corrected chi connectivity index (χ4v) is 2.49. The van der Waals surface area contributed by atoms with Crippen LogP contribution in [0.15, 0.2) is 42.7 Å². The number of rotatable bonds is 3. The van der Waals surface area contributed by atoms with Crippen molar-refractivity contribution in [1.29, 1.82) is 0 Å². The van der Waals surface area contributed by atoms with Crippen molar-refractivity contribution in [3.8, 4) is 5.75 Å². The molecule has 0 spiro atoms. The number of pyridine rings is 1. The predicted molar refractivity (Wildman–Crippen MR) is 80.4 cm³/mol. The molecule has 0 fully saturated rings. The fourth-order valence-electron chi connectivity index (χ4n) is 2.27. The van der Waals surface area contributed by atoms with Gasteiger partial charge in [0, 0.05) is 24.4 Å². The first-order chi connectivity index (χ1) is 9.67. The summed E-state index contributed by atoms with van der Waals surface area (Å²) >= 11 is 5.99. The Bertz CT molecular complexity index is 767. The molecule has 4 nitrogen and oxygen atoms in total. The Morgan fingerprint density at radius 3 is 2.90 bits per heavy atom. The van der Waals surface area contributed by atoms with Crippen LogP contribution in [0, 0.1) is 0 Å². The van der Waals surface area contributed by atoms with Gasteiger partial charge in [-0.2, -0.15) is 0 Å². The minimum absolute atomic E-state index is 0.573. The third-order valence-electron chi connectivity index (χ3n) is 3.16. The SMILES string of the molecule is COc1ccccc1Cc1cn2cc(Cl)cc(N)c2n1. The van der Waals surface area contributed by atoms with Gasteiger partial charge < -0.3 is 14.9 Å². The molecular weight excluding hydrogens is 274 g/mol. The first kappa shape index (κ1) is 12.8. The number of aromatic nitrogens is 2. The van der Waals surface area contributed by atoms with Crippen LogP contribution in [0.3, 0.4) is 0 Å². The average molecular weight is 288 g/mol. The predicted octanol–water partition coefficient (Wildman–Crippen LogP) is 3.17. The molecule has 0 radical (unpaired) electrons. The molecule has 0 unspecified atom stereocenters. The van der Waals surface area contributed by atoms with Crippen LogP contribution < -0.4 is 10.5 Å². The Labute approximate surface area is 121 Å². The van der Waals surface area contributed by atoms with E-state index >= 15 is 0 Å². The first-order valence-electron chi connectivity index (χ1n) is 6.22. The van der Waals surface area contributed by atoms with E-state index in [1.165, 1.54) is 0 Å². The highest BCUT2D eigenvalue weighted by Gasteiger charge is 2.09. The number of para-hydroxylation sites is 1. The topological polar surface area (TPSA) is 52.5 Å². The monoisotopic (exact) mass is 287 g/mol. The number of ether oxygens (including phenoxy) is 1. The maximum atomic E-state index is 5.99. The lowest BCUT2D eigenvalue weighted by molar-refractivity contribution is 0.410. The van der Waals surface area contributed by atoms with Crippen molar-refractivity contribution < 1.29 is 4.74 Å². The number of hydrogen-bond acceptors (Lipinski definition) is 3. The molecule has 0 aliphatic rings. The molecule has 0 aliphatic carbocycles. The van der Waals surface area contributed by atoms with E-state index in [2.05, 4.69) is 4.98 Å². The van der Waals surface area contributed by atoms with Gasteiger partial charge in [-0.05, 0) is 12.1 Å². The van der Waals surface area contributed by atoms with Gasteiger partial charge in [-0.1, -0.05) is 29.8 Å². The second-order valence-corrected chi connectivity index (χ2v) is 5.00. The van der Waals surface area contributed by atoms with E-state index in [1.54, 1.807) is 19.4 Å². The number of hydrogen-bond donors (Lipinski definition) is 1. The summed E-state index contributed by atoms with van der Waals surface area (Å²) in [5, 5.41) is 0.594. The zero-order chi connectivity index (χ0) is 14.1. The lowest BCUT2D eigenvalue weighted by Crippen LogP contribution is -1.93. The summed E-state index contributed by atoms with van der Waals surface area (Å²) in [6.45, 7) is 0. The standard InChI is InChI=1S/C15H14ClN3O/c1-20-14-5-3-2-4-10(14)6-12-9-19-8-11(16)7-13(17)15(19)18-12/h2-5,7-9H,6,17H2,1H3. The molecule has 0 saturated heterocycles. The molecule has 0 bridgehead atoms. The van der Waals surface area contributed by atoms with Crippen molar-refractivity contribution in [1.82, 2.24) is 9.38 Å². The highest BCUT2D eigenvalue weighted by molar-refractivity contribution is 6.30. The second-order valence-electron chi connectivity index (χ2n) is 4.57. The van der Waals surface area contributed by atoms with Crippen molar-refractivity contribution in [2.75, 3.05) is 12.8 Å². The first-order valence-corrected chi connectivity index (χ1v) is 6.59. The molecule has 0 atom stereocenters. The zero-order valence-corrected chi connectivity index (χ0v) is 11.8. The third-order valence-corrected chi connectivity index (χ3v) is 3.37. The smallest absolute Gasteiger partial charge is 0.160 e. The normalized spacial score (nSPS) is 10.9. The van der Waals surface area contributed by atoms with Gasteiger partial charge >= 0.3 is 0 Å². The van der Waals surface area contributed by atoms with Crippen molar-refractivity contribution in [2.45, 2.75) is 6.42 Å². The van der Waals surface area contributed by atoms with Crippen LogP contribution in [-0.2, 0) is 6.42 Å². The molecule has 2 heterocycles.